The highest BCUT2D eigenvalue weighted by Crippen LogP contribution is 2.21. The van der Waals surface area contributed by atoms with Gasteiger partial charge in [0.15, 0.2) is 0 Å². The minimum absolute atomic E-state index is 0.449. The third kappa shape index (κ3) is 4.32. The molecule has 118 valence electrons. The summed E-state index contributed by atoms with van der Waals surface area (Å²) in [6, 6.07) is 15.3. The number of rotatable bonds is 6. The molecule has 0 aliphatic rings. The number of benzene rings is 2. The number of aromatic nitrogens is 2. The Hall–Kier alpha value is -2.34. The zero-order valence-electron chi connectivity index (χ0n) is 12.5. The van der Waals surface area contributed by atoms with Gasteiger partial charge in [0.05, 0.1) is 0 Å². The highest BCUT2D eigenvalue weighted by Gasteiger charge is 2.06. The van der Waals surface area contributed by atoms with Crippen LogP contribution in [0.3, 0.4) is 0 Å². The van der Waals surface area contributed by atoms with Crippen LogP contribution in [0, 0.1) is 6.92 Å². The zero-order chi connectivity index (χ0) is 16.1. The number of hydrogen-bond acceptors (Lipinski definition) is 5. The van der Waals surface area contributed by atoms with E-state index in [1.54, 1.807) is 6.92 Å². The van der Waals surface area contributed by atoms with Crippen molar-refractivity contribution in [3.8, 4) is 22.9 Å². The van der Waals surface area contributed by atoms with E-state index in [0.29, 0.717) is 24.9 Å². The van der Waals surface area contributed by atoms with Gasteiger partial charge in [-0.3, -0.25) is 0 Å². The number of nitrogens with zero attached hydrogens (tertiary/aromatic N) is 2. The van der Waals surface area contributed by atoms with Gasteiger partial charge in [0.25, 0.3) is 0 Å². The molecule has 0 aliphatic carbocycles. The molecule has 0 bridgehead atoms. The minimum Gasteiger partial charge on any atom is -0.490 e. The third-order valence-electron chi connectivity index (χ3n) is 3.05. The van der Waals surface area contributed by atoms with E-state index < -0.39 is 0 Å². The smallest absolute Gasteiger partial charge is 0.223 e. The van der Waals surface area contributed by atoms with Crippen LogP contribution in [-0.2, 0) is 0 Å². The summed E-state index contributed by atoms with van der Waals surface area (Å²) in [6.45, 7) is 2.67. The second-order valence-electron chi connectivity index (χ2n) is 4.82. The molecule has 0 amide bonds. The Balaban J connectivity index is 1.53. The van der Waals surface area contributed by atoms with Crippen molar-refractivity contribution in [2.75, 3.05) is 13.2 Å². The van der Waals surface area contributed by atoms with Crippen molar-refractivity contribution in [1.29, 1.82) is 0 Å². The van der Waals surface area contributed by atoms with Crippen LogP contribution >= 0.6 is 15.9 Å². The maximum Gasteiger partial charge on any atom is 0.223 e. The first-order chi connectivity index (χ1) is 11.2. The average molecular weight is 375 g/mol. The molecular formula is C17H15BrN2O3. The number of ether oxygens (including phenoxy) is 2. The summed E-state index contributed by atoms with van der Waals surface area (Å²) in [5, 5.41) is 3.90. The van der Waals surface area contributed by atoms with Gasteiger partial charge in [-0.15, -0.1) is 0 Å². The molecule has 23 heavy (non-hydrogen) atoms. The van der Waals surface area contributed by atoms with Gasteiger partial charge in [0, 0.05) is 17.0 Å². The van der Waals surface area contributed by atoms with Gasteiger partial charge in [-0.2, -0.15) is 4.98 Å². The van der Waals surface area contributed by atoms with E-state index in [-0.39, 0.29) is 0 Å². The second-order valence-corrected chi connectivity index (χ2v) is 5.73. The Morgan fingerprint density at radius 1 is 1.00 bits per heavy atom. The highest BCUT2D eigenvalue weighted by molar-refractivity contribution is 9.10. The summed E-state index contributed by atoms with van der Waals surface area (Å²) in [4.78, 5) is 4.20. The van der Waals surface area contributed by atoms with Crippen molar-refractivity contribution in [1.82, 2.24) is 10.1 Å². The molecule has 6 heteroatoms. The average Bonchev–Trinajstić information content (AvgIpc) is 3.00. The van der Waals surface area contributed by atoms with E-state index in [2.05, 4.69) is 26.1 Å². The molecule has 3 aromatic rings. The Morgan fingerprint density at radius 3 is 2.43 bits per heavy atom. The van der Waals surface area contributed by atoms with E-state index in [4.69, 9.17) is 14.0 Å². The van der Waals surface area contributed by atoms with Crippen molar-refractivity contribution >= 4 is 15.9 Å². The van der Waals surface area contributed by atoms with Gasteiger partial charge in [0.2, 0.25) is 11.7 Å². The van der Waals surface area contributed by atoms with Gasteiger partial charge in [0.1, 0.15) is 24.7 Å². The molecule has 0 radical (unpaired) electrons. The number of aryl methyl sites for hydroxylation is 1. The molecule has 0 saturated carbocycles. The molecule has 0 N–H and O–H groups in total. The first-order valence-corrected chi connectivity index (χ1v) is 7.92. The molecule has 0 atom stereocenters. The fourth-order valence-corrected chi connectivity index (χ4v) is 2.26. The van der Waals surface area contributed by atoms with Crippen LogP contribution in [-0.4, -0.2) is 23.4 Å². The molecular weight excluding hydrogens is 360 g/mol. The quantitative estimate of drug-likeness (QED) is 0.603. The van der Waals surface area contributed by atoms with Gasteiger partial charge in [-0.1, -0.05) is 33.2 Å². The molecule has 0 aliphatic heterocycles. The fraction of sp³-hybridized carbons (Fsp3) is 0.176. The lowest BCUT2D eigenvalue weighted by molar-refractivity contribution is 0.217. The largest absolute Gasteiger partial charge is 0.490 e. The van der Waals surface area contributed by atoms with Crippen molar-refractivity contribution in [3.05, 3.63) is 58.9 Å². The molecule has 0 spiro atoms. The monoisotopic (exact) mass is 374 g/mol. The lowest BCUT2D eigenvalue weighted by atomic mass is 10.2. The number of halogens is 1. The summed E-state index contributed by atoms with van der Waals surface area (Å²) in [7, 11) is 0. The van der Waals surface area contributed by atoms with E-state index in [9.17, 15) is 0 Å². The van der Waals surface area contributed by atoms with Crippen molar-refractivity contribution in [3.63, 3.8) is 0 Å². The maximum atomic E-state index is 5.70. The van der Waals surface area contributed by atoms with Crippen LogP contribution in [0.1, 0.15) is 5.89 Å². The summed E-state index contributed by atoms with van der Waals surface area (Å²) in [5.74, 6) is 2.64. The van der Waals surface area contributed by atoms with Crippen molar-refractivity contribution < 1.29 is 14.0 Å². The molecule has 0 saturated heterocycles. The molecule has 2 aromatic carbocycles. The van der Waals surface area contributed by atoms with Crippen LogP contribution in [0.15, 0.2) is 57.5 Å². The van der Waals surface area contributed by atoms with Crippen LogP contribution in [0.5, 0.6) is 11.5 Å². The first kappa shape index (κ1) is 15.6. The SMILES string of the molecule is Cc1nc(-c2cccc(OCCOc3ccc(Br)cc3)c2)no1. The van der Waals surface area contributed by atoms with E-state index in [1.165, 1.54) is 0 Å². The minimum atomic E-state index is 0.449. The van der Waals surface area contributed by atoms with Crippen LogP contribution in [0.25, 0.3) is 11.4 Å². The lowest BCUT2D eigenvalue weighted by Gasteiger charge is -2.09. The highest BCUT2D eigenvalue weighted by atomic mass is 79.9. The van der Waals surface area contributed by atoms with E-state index in [0.717, 1.165) is 21.5 Å². The Kier molecular flexibility index (Phi) is 4.92. The Morgan fingerprint density at radius 2 is 1.74 bits per heavy atom. The van der Waals surface area contributed by atoms with Gasteiger partial charge in [-0.25, -0.2) is 0 Å². The number of hydrogen-bond donors (Lipinski definition) is 0. The normalized spacial score (nSPS) is 10.5. The Bertz CT molecular complexity index is 772. The molecule has 1 heterocycles. The van der Waals surface area contributed by atoms with Gasteiger partial charge in [-0.05, 0) is 36.4 Å². The maximum absolute atomic E-state index is 5.70. The Labute approximate surface area is 142 Å². The van der Waals surface area contributed by atoms with Crippen LogP contribution < -0.4 is 9.47 Å². The summed E-state index contributed by atoms with van der Waals surface area (Å²) < 4.78 is 17.3. The molecule has 1 aromatic heterocycles. The molecule has 3 rings (SSSR count). The second kappa shape index (κ2) is 7.28. The zero-order valence-corrected chi connectivity index (χ0v) is 14.1. The summed E-state index contributed by atoms with van der Waals surface area (Å²) in [6.07, 6.45) is 0. The van der Waals surface area contributed by atoms with Crippen molar-refractivity contribution in [2.45, 2.75) is 6.92 Å². The molecule has 5 nitrogen and oxygen atoms in total. The molecule has 0 fully saturated rings. The van der Waals surface area contributed by atoms with Gasteiger partial charge >= 0.3 is 0 Å². The fourth-order valence-electron chi connectivity index (χ4n) is 1.99. The first-order valence-electron chi connectivity index (χ1n) is 7.12. The van der Waals surface area contributed by atoms with Crippen LogP contribution in [0.4, 0.5) is 0 Å². The summed E-state index contributed by atoms with van der Waals surface area (Å²) >= 11 is 3.39. The third-order valence-corrected chi connectivity index (χ3v) is 3.58. The lowest BCUT2D eigenvalue weighted by Crippen LogP contribution is -2.08. The topological polar surface area (TPSA) is 57.4 Å². The summed E-state index contributed by atoms with van der Waals surface area (Å²) in [5.41, 5.74) is 0.855. The predicted molar refractivity (Wildman–Crippen MR) is 89.6 cm³/mol. The van der Waals surface area contributed by atoms with E-state index in [1.807, 2.05) is 48.5 Å². The standard InChI is InChI=1S/C17H15BrN2O3/c1-12-19-17(20-23-12)13-3-2-4-16(11-13)22-10-9-21-15-7-5-14(18)6-8-15/h2-8,11H,9-10H2,1H3. The van der Waals surface area contributed by atoms with Crippen molar-refractivity contribution in [2.24, 2.45) is 0 Å². The molecule has 0 unspecified atom stereocenters. The predicted octanol–water partition coefficient (Wildman–Crippen LogP) is 4.27. The van der Waals surface area contributed by atoms with E-state index >= 15 is 0 Å². The van der Waals surface area contributed by atoms with Crippen LogP contribution in [0.2, 0.25) is 0 Å². The van der Waals surface area contributed by atoms with Gasteiger partial charge < -0.3 is 14.0 Å².